The number of fused-ring (bicyclic) bond motifs is 1. The molecule has 196 valence electrons. The quantitative estimate of drug-likeness (QED) is 0.361. The van der Waals surface area contributed by atoms with Crippen LogP contribution in [0.1, 0.15) is 50.7 Å². The van der Waals surface area contributed by atoms with E-state index in [1.807, 2.05) is 0 Å². The Labute approximate surface area is 207 Å². The number of nitrogens with one attached hydrogen (secondary N) is 1. The van der Waals surface area contributed by atoms with Crippen molar-refractivity contribution in [2.75, 3.05) is 5.32 Å². The molecule has 0 saturated carbocycles. The fourth-order valence-electron chi connectivity index (χ4n) is 4.34. The molecule has 1 amide bonds. The summed E-state index contributed by atoms with van der Waals surface area (Å²) in [6, 6.07) is 9.32. The molecule has 0 aromatic heterocycles. The lowest BCUT2D eigenvalue weighted by Crippen LogP contribution is -2.22. The summed E-state index contributed by atoms with van der Waals surface area (Å²) in [5.41, 5.74) is -2.88. The van der Waals surface area contributed by atoms with Crippen LogP contribution in [0.3, 0.4) is 0 Å². The minimum atomic E-state index is -4.99. The average Bonchev–Trinajstić information content (AvgIpc) is 2.82. The maximum Gasteiger partial charge on any atom is 0.417 e. The smallest absolute Gasteiger partial charge is 0.322 e. The second kappa shape index (κ2) is 9.47. The Hall–Kier alpha value is -3.41. The highest BCUT2D eigenvalue weighted by atomic mass is 32.2. The lowest BCUT2D eigenvalue weighted by molar-refractivity contribution is -0.138. The maximum atomic E-state index is 14.2. The number of amides is 1. The Kier molecular flexibility index (Phi) is 6.82. The van der Waals surface area contributed by atoms with E-state index in [4.69, 9.17) is 0 Å². The lowest BCUT2D eigenvalue weighted by atomic mass is 9.91. The molecule has 0 spiro atoms. The average molecular weight is 545 g/mol. The van der Waals surface area contributed by atoms with Gasteiger partial charge in [0.1, 0.15) is 5.82 Å². The number of hydrogen-bond acceptors (Lipinski definition) is 3. The molecule has 3 aromatic carbocycles. The number of carbonyl (C=O) groups excluding carboxylic acids is 1. The molecule has 4 rings (SSSR count). The summed E-state index contributed by atoms with van der Waals surface area (Å²) in [4.78, 5) is 12.3. The van der Waals surface area contributed by atoms with Gasteiger partial charge in [0.2, 0.25) is 0 Å². The van der Waals surface area contributed by atoms with Crippen molar-refractivity contribution < 1.29 is 43.9 Å². The topological polar surface area (TPSA) is 63.2 Å². The molecule has 4 nitrogen and oxygen atoms in total. The number of rotatable bonds is 4. The Bertz CT molecular complexity index is 1450. The van der Waals surface area contributed by atoms with Crippen LogP contribution in [-0.2, 0) is 28.6 Å². The first-order valence-electron chi connectivity index (χ1n) is 10.9. The van der Waals surface area contributed by atoms with E-state index in [2.05, 4.69) is 5.32 Å². The van der Waals surface area contributed by atoms with Crippen molar-refractivity contribution in [2.45, 2.75) is 41.8 Å². The molecule has 12 heteroatoms. The van der Waals surface area contributed by atoms with Crippen molar-refractivity contribution in [1.29, 1.82) is 0 Å². The summed E-state index contributed by atoms with van der Waals surface area (Å²) in [5.74, 6) is -2.75. The van der Waals surface area contributed by atoms with E-state index in [1.165, 1.54) is 18.2 Å². The van der Waals surface area contributed by atoms with Gasteiger partial charge in [-0.05, 0) is 78.9 Å². The largest absolute Gasteiger partial charge is 0.417 e. The van der Waals surface area contributed by atoms with Gasteiger partial charge in [-0.3, -0.25) is 4.79 Å². The van der Waals surface area contributed by atoms with Gasteiger partial charge in [0.25, 0.3) is 5.91 Å². The van der Waals surface area contributed by atoms with E-state index in [9.17, 15) is 43.9 Å². The third-order valence-corrected chi connectivity index (χ3v) is 8.26. The molecule has 0 radical (unpaired) electrons. The van der Waals surface area contributed by atoms with Gasteiger partial charge in [-0.15, -0.1) is 0 Å². The zero-order valence-corrected chi connectivity index (χ0v) is 19.6. The van der Waals surface area contributed by atoms with Crippen LogP contribution in [0.2, 0.25) is 0 Å². The van der Waals surface area contributed by atoms with Gasteiger partial charge in [0.05, 0.1) is 26.8 Å². The van der Waals surface area contributed by atoms with Crippen LogP contribution in [0.4, 0.5) is 36.4 Å². The highest BCUT2D eigenvalue weighted by Crippen LogP contribution is 2.41. The van der Waals surface area contributed by atoms with Crippen LogP contribution in [0, 0.1) is 5.82 Å². The predicted octanol–water partition coefficient (Wildman–Crippen LogP) is 6.97. The molecule has 0 heterocycles. The standard InChI is InChI=1S/C25H18F7NO3S/c26-20-5-2-4-19(25(30,31)32)22(20)23(34)33-16-10-7-14-3-1-6-21(18(14)13-16)37(35,36)17-11-8-15(9-12-17)24(27,28)29/h2,4-5,7-13,21H,1,3,6H2,(H,33,34). The highest BCUT2D eigenvalue weighted by molar-refractivity contribution is 7.91. The molecule has 3 aromatic rings. The van der Waals surface area contributed by atoms with E-state index < -0.39 is 55.9 Å². The van der Waals surface area contributed by atoms with Gasteiger partial charge in [-0.2, -0.15) is 26.3 Å². The summed E-state index contributed by atoms with van der Waals surface area (Å²) in [7, 11) is -4.16. The van der Waals surface area contributed by atoms with Gasteiger partial charge in [0, 0.05) is 5.69 Å². The number of benzene rings is 3. The Morgan fingerprint density at radius 3 is 2.19 bits per heavy atom. The normalized spacial score (nSPS) is 16.2. The maximum absolute atomic E-state index is 14.2. The number of anilines is 1. The second-order valence-electron chi connectivity index (χ2n) is 8.48. The first-order valence-corrected chi connectivity index (χ1v) is 12.5. The molecule has 0 bridgehead atoms. The molecular formula is C25H18F7NO3S. The van der Waals surface area contributed by atoms with Crippen LogP contribution in [0.15, 0.2) is 65.6 Å². The summed E-state index contributed by atoms with van der Waals surface area (Å²) < 4.78 is 119. The molecule has 0 fully saturated rings. The number of alkyl halides is 6. The van der Waals surface area contributed by atoms with Gasteiger partial charge in [-0.1, -0.05) is 12.1 Å². The number of aryl methyl sites for hydroxylation is 1. The van der Waals surface area contributed by atoms with E-state index >= 15 is 0 Å². The molecule has 1 aliphatic rings. The fraction of sp³-hybridized carbons (Fsp3) is 0.240. The van der Waals surface area contributed by atoms with E-state index in [0.717, 1.165) is 18.2 Å². The van der Waals surface area contributed by atoms with Crippen molar-refractivity contribution in [2.24, 2.45) is 0 Å². The summed E-state index contributed by atoms with van der Waals surface area (Å²) in [6.07, 6.45) is -8.55. The summed E-state index contributed by atoms with van der Waals surface area (Å²) >= 11 is 0. The van der Waals surface area contributed by atoms with Crippen molar-refractivity contribution in [1.82, 2.24) is 0 Å². The Balaban J connectivity index is 1.68. The van der Waals surface area contributed by atoms with Crippen molar-refractivity contribution in [3.8, 4) is 0 Å². The van der Waals surface area contributed by atoms with Crippen LogP contribution in [0.25, 0.3) is 0 Å². The second-order valence-corrected chi connectivity index (χ2v) is 10.6. The van der Waals surface area contributed by atoms with Crippen molar-refractivity contribution in [3.05, 3.63) is 94.3 Å². The Morgan fingerprint density at radius 2 is 1.57 bits per heavy atom. The van der Waals surface area contributed by atoms with Crippen molar-refractivity contribution >= 4 is 21.4 Å². The van der Waals surface area contributed by atoms with E-state index in [-0.39, 0.29) is 22.6 Å². The van der Waals surface area contributed by atoms with Crippen LogP contribution in [0.5, 0.6) is 0 Å². The minimum absolute atomic E-state index is 0.0605. The number of hydrogen-bond donors (Lipinski definition) is 1. The van der Waals surface area contributed by atoms with Gasteiger partial charge < -0.3 is 5.32 Å². The van der Waals surface area contributed by atoms with Gasteiger partial charge in [0.15, 0.2) is 9.84 Å². The van der Waals surface area contributed by atoms with Crippen molar-refractivity contribution in [3.63, 3.8) is 0 Å². The SMILES string of the molecule is O=C(Nc1ccc2c(c1)C(S(=O)(=O)c1ccc(C(F)(F)F)cc1)CCC2)c1c(F)cccc1C(F)(F)F. The van der Waals surface area contributed by atoms with Crippen LogP contribution in [-0.4, -0.2) is 14.3 Å². The minimum Gasteiger partial charge on any atom is -0.322 e. The monoisotopic (exact) mass is 545 g/mol. The first-order chi connectivity index (χ1) is 17.2. The lowest BCUT2D eigenvalue weighted by Gasteiger charge is -2.26. The molecule has 1 atom stereocenters. The predicted molar refractivity (Wildman–Crippen MR) is 120 cm³/mol. The van der Waals surface area contributed by atoms with Crippen LogP contribution >= 0.6 is 0 Å². The van der Waals surface area contributed by atoms with E-state index in [1.54, 1.807) is 0 Å². The third kappa shape index (κ3) is 5.34. The number of halogens is 7. The highest BCUT2D eigenvalue weighted by Gasteiger charge is 2.38. The number of carbonyl (C=O) groups is 1. The van der Waals surface area contributed by atoms with Gasteiger partial charge >= 0.3 is 12.4 Å². The zero-order chi connectivity index (χ0) is 27.2. The molecule has 0 aliphatic heterocycles. The fourth-order valence-corrected chi connectivity index (χ4v) is 6.21. The van der Waals surface area contributed by atoms with Gasteiger partial charge in [-0.25, -0.2) is 12.8 Å². The molecular weight excluding hydrogens is 527 g/mol. The first kappa shape index (κ1) is 26.6. The number of sulfone groups is 1. The molecule has 1 N–H and O–H groups in total. The Morgan fingerprint density at radius 1 is 0.892 bits per heavy atom. The van der Waals surface area contributed by atoms with Crippen LogP contribution < -0.4 is 5.32 Å². The third-order valence-electron chi connectivity index (χ3n) is 6.09. The molecule has 37 heavy (non-hydrogen) atoms. The summed E-state index contributed by atoms with van der Waals surface area (Å²) in [6.45, 7) is 0. The van der Waals surface area contributed by atoms with E-state index in [0.29, 0.717) is 42.7 Å². The zero-order valence-electron chi connectivity index (χ0n) is 18.8. The molecule has 1 aliphatic carbocycles. The molecule has 0 saturated heterocycles. The summed E-state index contributed by atoms with van der Waals surface area (Å²) in [5, 5.41) is 1.04. The molecule has 1 unspecified atom stereocenters.